The third kappa shape index (κ3) is 5.15. The normalized spacial score (nSPS) is 18.8. The molecular weight excluding hydrogens is 214 g/mol. The van der Waals surface area contributed by atoms with Crippen molar-refractivity contribution in [2.75, 3.05) is 6.54 Å². The van der Waals surface area contributed by atoms with Crippen molar-refractivity contribution in [1.29, 1.82) is 0 Å². The SMILES string of the molecule is CCCC[NH2+]C1CCCCC1.[Br-]. The van der Waals surface area contributed by atoms with E-state index in [-0.39, 0.29) is 17.0 Å². The van der Waals surface area contributed by atoms with Gasteiger partial charge in [-0.25, -0.2) is 0 Å². The van der Waals surface area contributed by atoms with Gasteiger partial charge in [0.15, 0.2) is 0 Å². The molecule has 1 saturated carbocycles. The van der Waals surface area contributed by atoms with Crippen molar-refractivity contribution in [3.63, 3.8) is 0 Å². The summed E-state index contributed by atoms with van der Waals surface area (Å²) in [5.41, 5.74) is 0. The first-order chi connectivity index (χ1) is 5.43. The number of halogens is 1. The molecule has 1 aliphatic carbocycles. The maximum atomic E-state index is 2.57. The molecule has 0 bridgehead atoms. The third-order valence-electron chi connectivity index (χ3n) is 2.71. The molecule has 0 spiro atoms. The van der Waals surface area contributed by atoms with E-state index in [1.165, 1.54) is 51.5 Å². The monoisotopic (exact) mass is 235 g/mol. The smallest absolute Gasteiger partial charge is 0.0859 e. The summed E-state index contributed by atoms with van der Waals surface area (Å²) in [6.45, 7) is 3.63. The molecule has 0 aromatic carbocycles. The lowest BCUT2D eigenvalue weighted by Crippen LogP contribution is -3.00. The van der Waals surface area contributed by atoms with Crippen LogP contribution < -0.4 is 22.3 Å². The van der Waals surface area contributed by atoms with Crippen molar-refractivity contribution in [3.8, 4) is 0 Å². The summed E-state index contributed by atoms with van der Waals surface area (Å²) in [5.74, 6) is 0. The summed E-state index contributed by atoms with van der Waals surface area (Å²) in [6, 6.07) is 0.982. The first kappa shape index (κ1) is 12.4. The quantitative estimate of drug-likeness (QED) is 0.584. The van der Waals surface area contributed by atoms with Crippen LogP contribution in [0.2, 0.25) is 0 Å². The highest BCUT2D eigenvalue weighted by molar-refractivity contribution is 4.61. The van der Waals surface area contributed by atoms with Crippen LogP contribution in [0.3, 0.4) is 0 Å². The highest BCUT2D eigenvalue weighted by Crippen LogP contribution is 2.14. The van der Waals surface area contributed by atoms with E-state index in [0.29, 0.717) is 0 Å². The number of hydrogen-bond acceptors (Lipinski definition) is 0. The van der Waals surface area contributed by atoms with Crippen LogP contribution in [0, 0.1) is 0 Å². The Morgan fingerprint density at radius 1 is 1.17 bits per heavy atom. The van der Waals surface area contributed by atoms with Crippen molar-refractivity contribution >= 4 is 0 Å². The molecule has 0 saturated heterocycles. The fourth-order valence-electron chi connectivity index (χ4n) is 1.93. The molecule has 0 radical (unpaired) electrons. The number of quaternary nitrogens is 1. The summed E-state index contributed by atoms with van der Waals surface area (Å²) in [5, 5.41) is 2.57. The zero-order chi connectivity index (χ0) is 7.94. The van der Waals surface area contributed by atoms with Gasteiger partial charge in [-0.1, -0.05) is 19.8 Å². The molecule has 1 fully saturated rings. The average molecular weight is 236 g/mol. The zero-order valence-corrected chi connectivity index (χ0v) is 9.78. The predicted molar refractivity (Wildman–Crippen MR) is 48.6 cm³/mol. The Labute approximate surface area is 87.1 Å². The van der Waals surface area contributed by atoms with Crippen molar-refractivity contribution in [2.45, 2.75) is 57.9 Å². The summed E-state index contributed by atoms with van der Waals surface area (Å²) >= 11 is 0. The van der Waals surface area contributed by atoms with Crippen molar-refractivity contribution in [3.05, 3.63) is 0 Å². The standard InChI is InChI=1S/C10H21N.BrH/c1-2-3-9-11-10-7-5-4-6-8-10;/h10-11H,2-9H2,1H3;1H. The summed E-state index contributed by atoms with van der Waals surface area (Å²) in [6.07, 6.45) is 10.1. The molecule has 0 aliphatic heterocycles. The molecule has 0 aromatic rings. The van der Waals surface area contributed by atoms with Crippen LogP contribution in [0.25, 0.3) is 0 Å². The van der Waals surface area contributed by atoms with E-state index in [2.05, 4.69) is 12.2 Å². The van der Waals surface area contributed by atoms with Crippen LogP contribution >= 0.6 is 0 Å². The van der Waals surface area contributed by atoms with Gasteiger partial charge < -0.3 is 22.3 Å². The lowest BCUT2D eigenvalue weighted by Gasteiger charge is -2.19. The molecule has 1 nitrogen and oxygen atoms in total. The second-order valence-corrected chi connectivity index (χ2v) is 3.78. The van der Waals surface area contributed by atoms with Crippen molar-refractivity contribution < 1.29 is 22.3 Å². The Morgan fingerprint density at radius 3 is 2.42 bits per heavy atom. The molecule has 2 N–H and O–H groups in total. The molecule has 1 rings (SSSR count). The molecule has 0 atom stereocenters. The second kappa shape index (κ2) is 8.06. The van der Waals surface area contributed by atoms with E-state index in [1.54, 1.807) is 0 Å². The van der Waals surface area contributed by atoms with Gasteiger partial charge in [0.05, 0.1) is 12.6 Å². The van der Waals surface area contributed by atoms with E-state index in [4.69, 9.17) is 0 Å². The van der Waals surface area contributed by atoms with Gasteiger partial charge in [0.2, 0.25) is 0 Å². The van der Waals surface area contributed by atoms with E-state index < -0.39 is 0 Å². The van der Waals surface area contributed by atoms with Crippen LogP contribution in [-0.4, -0.2) is 12.6 Å². The fourth-order valence-corrected chi connectivity index (χ4v) is 1.93. The molecule has 2 heteroatoms. The highest BCUT2D eigenvalue weighted by Gasteiger charge is 2.14. The minimum absolute atomic E-state index is 0. The zero-order valence-electron chi connectivity index (χ0n) is 8.19. The lowest BCUT2D eigenvalue weighted by molar-refractivity contribution is -0.692. The van der Waals surface area contributed by atoms with Crippen molar-refractivity contribution in [1.82, 2.24) is 0 Å². The van der Waals surface area contributed by atoms with Gasteiger partial charge in [0, 0.05) is 0 Å². The van der Waals surface area contributed by atoms with E-state index in [1.807, 2.05) is 0 Å². The minimum atomic E-state index is 0. The van der Waals surface area contributed by atoms with Gasteiger partial charge in [0.25, 0.3) is 0 Å². The predicted octanol–water partition coefficient (Wildman–Crippen LogP) is -1.31. The average Bonchev–Trinajstić information content (AvgIpc) is 2.07. The molecule has 0 heterocycles. The molecular formula is C10H22BrN. The molecule has 0 aromatic heterocycles. The number of unbranched alkanes of at least 4 members (excludes halogenated alkanes) is 1. The summed E-state index contributed by atoms with van der Waals surface area (Å²) < 4.78 is 0. The Kier molecular flexibility index (Phi) is 8.35. The first-order valence-electron chi connectivity index (χ1n) is 5.27. The Bertz CT molecular complexity index is 89.8. The van der Waals surface area contributed by atoms with Crippen LogP contribution in [0.4, 0.5) is 0 Å². The van der Waals surface area contributed by atoms with Gasteiger partial charge in [-0.05, 0) is 32.1 Å². The first-order valence-corrected chi connectivity index (χ1v) is 5.27. The Morgan fingerprint density at radius 2 is 1.83 bits per heavy atom. The van der Waals surface area contributed by atoms with Crippen LogP contribution in [-0.2, 0) is 0 Å². The van der Waals surface area contributed by atoms with E-state index >= 15 is 0 Å². The maximum absolute atomic E-state index is 2.57. The minimum Gasteiger partial charge on any atom is -1.00 e. The molecule has 1 aliphatic rings. The lowest BCUT2D eigenvalue weighted by atomic mass is 9.95. The fraction of sp³-hybridized carbons (Fsp3) is 1.00. The van der Waals surface area contributed by atoms with E-state index in [0.717, 1.165) is 6.04 Å². The van der Waals surface area contributed by atoms with Crippen molar-refractivity contribution in [2.24, 2.45) is 0 Å². The summed E-state index contributed by atoms with van der Waals surface area (Å²) in [4.78, 5) is 0. The molecule has 0 amide bonds. The van der Waals surface area contributed by atoms with Gasteiger partial charge in [-0.15, -0.1) is 0 Å². The van der Waals surface area contributed by atoms with Crippen LogP contribution in [0.5, 0.6) is 0 Å². The van der Waals surface area contributed by atoms with Gasteiger partial charge in [-0.3, -0.25) is 0 Å². The third-order valence-corrected chi connectivity index (χ3v) is 2.71. The largest absolute Gasteiger partial charge is 1.00 e. The second-order valence-electron chi connectivity index (χ2n) is 3.78. The van der Waals surface area contributed by atoms with Gasteiger partial charge >= 0.3 is 0 Å². The number of rotatable bonds is 4. The maximum Gasteiger partial charge on any atom is 0.0859 e. The van der Waals surface area contributed by atoms with Crippen LogP contribution in [0.1, 0.15) is 51.9 Å². The number of hydrogen-bond donors (Lipinski definition) is 1. The Hall–Kier alpha value is 0.440. The molecule has 0 unspecified atom stereocenters. The van der Waals surface area contributed by atoms with Gasteiger partial charge in [0.1, 0.15) is 0 Å². The summed E-state index contributed by atoms with van der Waals surface area (Å²) in [7, 11) is 0. The topological polar surface area (TPSA) is 16.6 Å². The van der Waals surface area contributed by atoms with E-state index in [9.17, 15) is 0 Å². The molecule has 12 heavy (non-hydrogen) atoms. The molecule has 74 valence electrons. The highest BCUT2D eigenvalue weighted by atomic mass is 79.9. The number of nitrogens with two attached hydrogens (primary N) is 1. The van der Waals surface area contributed by atoms with Gasteiger partial charge in [-0.2, -0.15) is 0 Å². The Balaban J connectivity index is 0.00000121. The van der Waals surface area contributed by atoms with Crippen LogP contribution in [0.15, 0.2) is 0 Å².